The van der Waals surface area contributed by atoms with Crippen LogP contribution in [0.3, 0.4) is 0 Å². The summed E-state index contributed by atoms with van der Waals surface area (Å²) in [5, 5.41) is 6.00. The summed E-state index contributed by atoms with van der Waals surface area (Å²) in [7, 11) is -3.52. The molecule has 0 aliphatic carbocycles. The van der Waals surface area contributed by atoms with Crippen LogP contribution in [0.4, 0.5) is 10.5 Å². The molecule has 0 saturated carbocycles. The predicted molar refractivity (Wildman–Crippen MR) is 103 cm³/mol. The fourth-order valence-electron chi connectivity index (χ4n) is 2.93. The third-order valence-electron chi connectivity index (χ3n) is 4.20. The maximum absolute atomic E-state index is 12.7. The Balaban J connectivity index is 1.66. The van der Waals surface area contributed by atoms with Gasteiger partial charge in [0.25, 0.3) is 0 Å². The molecular weight excluding hydrogens is 350 g/mol. The molecule has 3 aromatic rings. The molecule has 0 atom stereocenters. The Morgan fingerprint density at radius 3 is 2.50 bits per heavy atom. The Morgan fingerprint density at radius 2 is 1.73 bits per heavy atom. The molecule has 6 nitrogen and oxygen atoms in total. The van der Waals surface area contributed by atoms with Gasteiger partial charge in [-0.3, -0.25) is 0 Å². The molecule has 2 aromatic carbocycles. The van der Waals surface area contributed by atoms with Crippen LogP contribution in [0, 0.1) is 13.8 Å². The number of para-hydroxylation sites is 2. The first-order valence-corrected chi connectivity index (χ1v) is 9.94. The van der Waals surface area contributed by atoms with E-state index in [9.17, 15) is 13.2 Å². The van der Waals surface area contributed by atoms with Gasteiger partial charge in [0.05, 0.1) is 10.6 Å². The van der Waals surface area contributed by atoms with Gasteiger partial charge in [0.2, 0.25) is 0 Å². The monoisotopic (exact) mass is 371 g/mol. The van der Waals surface area contributed by atoms with Crippen LogP contribution in [0.2, 0.25) is 0 Å². The summed E-state index contributed by atoms with van der Waals surface area (Å²) >= 11 is 0. The molecular formula is C19H21N3O3S. The molecule has 3 rings (SSSR count). The molecule has 1 heterocycles. The zero-order valence-electron chi connectivity index (χ0n) is 14.7. The summed E-state index contributed by atoms with van der Waals surface area (Å²) in [6, 6.07) is 14.3. The second-order valence-corrected chi connectivity index (χ2v) is 8.19. The van der Waals surface area contributed by atoms with Gasteiger partial charge >= 0.3 is 6.03 Å². The average Bonchev–Trinajstić information content (AvgIpc) is 2.93. The highest BCUT2D eigenvalue weighted by Gasteiger charge is 2.22. The van der Waals surface area contributed by atoms with Gasteiger partial charge in [0.1, 0.15) is 0 Å². The third kappa shape index (κ3) is 3.72. The molecule has 1 aromatic heterocycles. The van der Waals surface area contributed by atoms with Crippen molar-refractivity contribution in [3.63, 3.8) is 0 Å². The second kappa shape index (κ2) is 7.21. The van der Waals surface area contributed by atoms with Gasteiger partial charge in [0.15, 0.2) is 9.84 Å². The Morgan fingerprint density at radius 1 is 1.04 bits per heavy atom. The van der Waals surface area contributed by atoms with Crippen LogP contribution >= 0.6 is 0 Å². The second-order valence-electron chi connectivity index (χ2n) is 6.14. The molecule has 26 heavy (non-hydrogen) atoms. The largest absolute Gasteiger partial charge is 0.358 e. The molecule has 7 heteroatoms. The van der Waals surface area contributed by atoms with E-state index in [0.29, 0.717) is 21.7 Å². The first kappa shape index (κ1) is 18.0. The molecule has 0 bridgehead atoms. The van der Waals surface area contributed by atoms with Gasteiger partial charge in [-0.05, 0) is 31.5 Å². The maximum Gasteiger partial charge on any atom is 0.319 e. The summed E-state index contributed by atoms with van der Waals surface area (Å²) in [5.41, 5.74) is 3.02. The summed E-state index contributed by atoms with van der Waals surface area (Å²) in [6.45, 7) is 3.66. The van der Waals surface area contributed by atoms with E-state index in [1.54, 1.807) is 19.1 Å². The van der Waals surface area contributed by atoms with Crippen molar-refractivity contribution in [2.75, 3.05) is 17.6 Å². The number of aromatic amines is 1. The zero-order valence-corrected chi connectivity index (χ0v) is 15.5. The third-order valence-corrected chi connectivity index (χ3v) is 6.08. The number of H-pyrrole nitrogens is 1. The molecule has 0 spiro atoms. The molecule has 0 aliphatic rings. The van der Waals surface area contributed by atoms with E-state index in [4.69, 9.17) is 0 Å². The van der Waals surface area contributed by atoms with Crippen molar-refractivity contribution in [2.24, 2.45) is 0 Å². The molecule has 0 radical (unpaired) electrons. The van der Waals surface area contributed by atoms with Crippen LogP contribution in [-0.4, -0.2) is 31.7 Å². The molecule has 3 N–H and O–H groups in total. The van der Waals surface area contributed by atoms with Crippen molar-refractivity contribution in [1.82, 2.24) is 10.3 Å². The van der Waals surface area contributed by atoms with Crippen LogP contribution in [-0.2, 0) is 9.84 Å². The highest BCUT2D eigenvalue weighted by Crippen LogP contribution is 2.27. The van der Waals surface area contributed by atoms with E-state index in [2.05, 4.69) is 15.6 Å². The van der Waals surface area contributed by atoms with Gasteiger partial charge in [-0.15, -0.1) is 0 Å². The van der Waals surface area contributed by atoms with Crippen LogP contribution < -0.4 is 10.6 Å². The standard InChI is InChI=1S/C19H21N3O3S/c1-13-7-3-5-9-16(13)22-19(23)20-11-12-26(24,25)18-14(2)21-17-10-6-4-8-15(17)18/h3-10,21H,11-12H2,1-2H3,(H2,20,22,23). The van der Waals surface area contributed by atoms with E-state index in [1.165, 1.54) is 0 Å². The number of rotatable bonds is 5. The highest BCUT2D eigenvalue weighted by atomic mass is 32.2. The number of benzene rings is 2. The van der Waals surface area contributed by atoms with Gasteiger partial charge in [-0.1, -0.05) is 36.4 Å². The van der Waals surface area contributed by atoms with Crippen molar-refractivity contribution in [3.05, 3.63) is 59.8 Å². The summed E-state index contributed by atoms with van der Waals surface area (Å²) in [5.74, 6) is -0.170. The minimum atomic E-state index is -3.52. The smallest absolute Gasteiger partial charge is 0.319 e. The minimum absolute atomic E-state index is 0.0268. The Kier molecular flexibility index (Phi) is 4.99. The van der Waals surface area contributed by atoms with Crippen LogP contribution in [0.1, 0.15) is 11.3 Å². The number of urea groups is 1. The fraction of sp³-hybridized carbons (Fsp3) is 0.211. The quantitative estimate of drug-likeness (QED) is 0.642. The summed E-state index contributed by atoms with van der Waals surface area (Å²) in [6.07, 6.45) is 0. The van der Waals surface area contributed by atoms with Gasteiger partial charge in [-0.2, -0.15) is 0 Å². The number of aryl methyl sites for hydroxylation is 2. The van der Waals surface area contributed by atoms with E-state index >= 15 is 0 Å². The van der Waals surface area contributed by atoms with Crippen molar-refractivity contribution >= 4 is 32.5 Å². The van der Waals surface area contributed by atoms with E-state index in [-0.39, 0.29) is 12.3 Å². The Hall–Kier alpha value is -2.80. The molecule has 0 unspecified atom stereocenters. The SMILES string of the molecule is Cc1ccccc1NC(=O)NCCS(=O)(=O)c1c(C)[nH]c2ccccc12. The van der Waals surface area contributed by atoms with E-state index in [0.717, 1.165) is 11.1 Å². The number of hydrogen-bond acceptors (Lipinski definition) is 3. The predicted octanol–water partition coefficient (Wildman–Crippen LogP) is 3.38. The zero-order chi connectivity index (χ0) is 18.7. The Bertz CT molecular complexity index is 1050. The first-order valence-electron chi connectivity index (χ1n) is 8.29. The van der Waals surface area contributed by atoms with Gasteiger partial charge in [-0.25, -0.2) is 13.2 Å². The van der Waals surface area contributed by atoms with Gasteiger partial charge in [0, 0.05) is 28.8 Å². The lowest BCUT2D eigenvalue weighted by atomic mass is 10.2. The van der Waals surface area contributed by atoms with Crippen molar-refractivity contribution < 1.29 is 13.2 Å². The molecule has 0 aliphatic heterocycles. The molecule has 136 valence electrons. The first-order chi connectivity index (χ1) is 12.4. The molecule has 0 saturated heterocycles. The van der Waals surface area contributed by atoms with Crippen molar-refractivity contribution in [2.45, 2.75) is 18.7 Å². The van der Waals surface area contributed by atoms with E-state index < -0.39 is 15.9 Å². The lowest BCUT2D eigenvalue weighted by molar-refractivity contribution is 0.252. The van der Waals surface area contributed by atoms with Crippen LogP contribution in [0.5, 0.6) is 0 Å². The number of carbonyl (C=O) groups is 1. The number of fused-ring (bicyclic) bond motifs is 1. The molecule has 0 fully saturated rings. The van der Waals surface area contributed by atoms with Crippen molar-refractivity contribution in [1.29, 1.82) is 0 Å². The number of hydrogen-bond donors (Lipinski definition) is 3. The number of sulfone groups is 1. The summed E-state index contributed by atoms with van der Waals surface area (Å²) < 4.78 is 25.5. The lowest BCUT2D eigenvalue weighted by Crippen LogP contribution is -2.33. The Labute approximate surface area is 152 Å². The number of amides is 2. The average molecular weight is 371 g/mol. The van der Waals surface area contributed by atoms with Crippen molar-refractivity contribution in [3.8, 4) is 0 Å². The number of nitrogens with one attached hydrogen (secondary N) is 3. The van der Waals surface area contributed by atoms with E-state index in [1.807, 2.05) is 43.3 Å². The van der Waals surface area contributed by atoms with Gasteiger partial charge < -0.3 is 15.6 Å². The number of anilines is 1. The molecule has 2 amide bonds. The normalized spacial score (nSPS) is 11.5. The highest BCUT2D eigenvalue weighted by molar-refractivity contribution is 7.91. The summed E-state index contributed by atoms with van der Waals surface area (Å²) in [4.78, 5) is 15.4. The van der Waals surface area contributed by atoms with Crippen LogP contribution in [0.25, 0.3) is 10.9 Å². The maximum atomic E-state index is 12.7. The van der Waals surface area contributed by atoms with Crippen LogP contribution in [0.15, 0.2) is 53.4 Å². The lowest BCUT2D eigenvalue weighted by Gasteiger charge is -2.10. The fourth-order valence-corrected chi connectivity index (χ4v) is 4.54. The number of carbonyl (C=O) groups excluding carboxylic acids is 1. The number of aromatic nitrogens is 1. The minimum Gasteiger partial charge on any atom is -0.358 e. The topological polar surface area (TPSA) is 91.1 Å².